The predicted octanol–water partition coefficient (Wildman–Crippen LogP) is 0.849. The highest BCUT2D eigenvalue weighted by atomic mass is 16.2. The van der Waals surface area contributed by atoms with Crippen LogP contribution in [0.3, 0.4) is 0 Å². The summed E-state index contributed by atoms with van der Waals surface area (Å²) in [5.41, 5.74) is 0. The Morgan fingerprint density at radius 1 is 1.33 bits per heavy atom. The summed E-state index contributed by atoms with van der Waals surface area (Å²) in [5, 5.41) is 2.97. The maximum absolute atomic E-state index is 11.8. The van der Waals surface area contributed by atoms with Gasteiger partial charge < -0.3 is 5.32 Å². The van der Waals surface area contributed by atoms with Gasteiger partial charge in [-0.05, 0) is 25.8 Å². The van der Waals surface area contributed by atoms with Gasteiger partial charge in [0.05, 0.1) is 0 Å². The quantitative estimate of drug-likeness (QED) is 0.581. The molecule has 0 aromatic heterocycles. The van der Waals surface area contributed by atoms with Crippen LogP contribution in [0.2, 0.25) is 0 Å². The molecule has 0 spiro atoms. The van der Waals surface area contributed by atoms with Crippen molar-refractivity contribution in [1.82, 2.24) is 15.1 Å². The number of amides is 1. The third-order valence-electron chi connectivity index (χ3n) is 3.82. The third kappa shape index (κ3) is 3.56. The Morgan fingerprint density at radius 3 is 3.06 bits per heavy atom. The summed E-state index contributed by atoms with van der Waals surface area (Å²) in [7, 11) is 0. The fourth-order valence-electron chi connectivity index (χ4n) is 2.75. The van der Waals surface area contributed by atoms with Crippen molar-refractivity contribution in [2.75, 3.05) is 39.3 Å². The first-order valence-electron chi connectivity index (χ1n) is 7.20. The molecule has 0 bridgehead atoms. The van der Waals surface area contributed by atoms with Crippen LogP contribution in [0.1, 0.15) is 26.2 Å². The van der Waals surface area contributed by atoms with E-state index < -0.39 is 0 Å². The third-order valence-corrected chi connectivity index (χ3v) is 3.82. The summed E-state index contributed by atoms with van der Waals surface area (Å²) in [6, 6.07) is 0.0960. The Labute approximate surface area is 110 Å². The Morgan fingerprint density at radius 2 is 2.22 bits per heavy atom. The number of piperazine rings is 2. The smallest absolute Gasteiger partial charge is 0.238 e. The van der Waals surface area contributed by atoms with Crippen LogP contribution in [0.15, 0.2) is 12.2 Å². The number of nitrogens with zero attached hydrogens (tertiary/aromatic N) is 2. The lowest BCUT2D eigenvalue weighted by Gasteiger charge is -2.43. The Kier molecular flexibility index (Phi) is 5.20. The summed E-state index contributed by atoms with van der Waals surface area (Å²) in [4.78, 5) is 16.6. The molecule has 2 aliphatic rings. The van der Waals surface area contributed by atoms with Gasteiger partial charge in [-0.25, -0.2) is 0 Å². The van der Waals surface area contributed by atoms with E-state index in [1.54, 1.807) is 0 Å². The normalized spacial score (nSPS) is 26.3. The monoisotopic (exact) mass is 251 g/mol. The molecule has 1 N–H and O–H groups in total. The van der Waals surface area contributed by atoms with Gasteiger partial charge in [0.15, 0.2) is 0 Å². The highest BCUT2D eigenvalue weighted by Crippen LogP contribution is 2.13. The van der Waals surface area contributed by atoms with Crippen LogP contribution in [0.5, 0.6) is 0 Å². The molecule has 4 heteroatoms. The van der Waals surface area contributed by atoms with Crippen molar-refractivity contribution < 1.29 is 4.79 Å². The first-order valence-corrected chi connectivity index (χ1v) is 7.20. The van der Waals surface area contributed by atoms with Gasteiger partial charge in [0.1, 0.15) is 6.04 Å². The summed E-state index contributed by atoms with van der Waals surface area (Å²) >= 11 is 0. The first kappa shape index (κ1) is 13.6. The van der Waals surface area contributed by atoms with E-state index >= 15 is 0 Å². The van der Waals surface area contributed by atoms with Crippen LogP contribution < -0.4 is 5.32 Å². The molecule has 2 aliphatic heterocycles. The molecule has 1 amide bonds. The summed E-state index contributed by atoms with van der Waals surface area (Å²) in [6.45, 7) is 8.18. The van der Waals surface area contributed by atoms with Crippen molar-refractivity contribution in [3.63, 3.8) is 0 Å². The standard InChI is InChI=1S/C14H25N3O/c1-2-3-4-5-6-8-16-10-11-17-9-7-15-14(18)13(17)12-16/h3-4,13H,2,5-12H2,1H3,(H,15,18)/b4-3-/t13-/m1/s1. The molecule has 0 aromatic rings. The molecule has 4 nitrogen and oxygen atoms in total. The second kappa shape index (κ2) is 6.90. The highest BCUT2D eigenvalue weighted by Gasteiger charge is 2.34. The van der Waals surface area contributed by atoms with Crippen molar-refractivity contribution in [1.29, 1.82) is 0 Å². The second-order valence-electron chi connectivity index (χ2n) is 5.17. The summed E-state index contributed by atoms with van der Waals surface area (Å²) < 4.78 is 0. The number of carbonyl (C=O) groups excluding carboxylic acids is 1. The lowest BCUT2D eigenvalue weighted by atomic mass is 10.1. The molecule has 0 radical (unpaired) electrons. The number of fused-ring (bicyclic) bond motifs is 1. The second-order valence-corrected chi connectivity index (χ2v) is 5.17. The molecular weight excluding hydrogens is 226 g/mol. The van der Waals surface area contributed by atoms with Gasteiger partial charge in [0, 0.05) is 32.7 Å². The zero-order chi connectivity index (χ0) is 12.8. The van der Waals surface area contributed by atoms with Crippen LogP contribution in [0.4, 0.5) is 0 Å². The summed E-state index contributed by atoms with van der Waals surface area (Å²) in [6.07, 6.45) is 7.98. The molecule has 102 valence electrons. The van der Waals surface area contributed by atoms with E-state index in [9.17, 15) is 4.79 Å². The molecule has 18 heavy (non-hydrogen) atoms. The van der Waals surface area contributed by atoms with E-state index in [4.69, 9.17) is 0 Å². The van der Waals surface area contributed by atoms with Crippen LogP contribution in [0, 0.1) is 0 Å². The van der Waals surface area contributed by atoms with Crippen LogP contribution in [0.25, 0.3) is 0 Å². The summed E-state index contributed by atoms with van der Waals surface area (Å²) in [5.74, 6) is 0.219. The molecule has 0 aliphatic carbocycles. The SMILES string of the molecule is CC/C=C\CCCN1CCN2CCNC(=O)[C@H]2C1. The van der Waals surface area contributed by atoms with Gasteiger partial charge in [-0.15, -0.1) is 0 Å². The number of hydrogen-bond donors (Lipinski definition) is 1. The molecule has 0 saturated carbocycles. The number of rotatable bonds is 5. The molecule has 0 aromatic carbocycles. The van der Waals surface area contributed by atoms with Gasteiger partial charge in [-0.2, -0.15) is 0 Å². The van der Waals surface area contributed by atoms with Crippen molar-refractivity contribution in [2.24, 2.45) is 0 Å². The molecular formula is C14H25N3O. The Bertz CT molecular complexity index is 303. The Balaban J connectivity index is 1.72. The molecule has 2 fully saturated rings. The van der Waals surface area contributed by atoms with Gasteiger partial charge in [-0.3, -0.25) is 14.6 Å². The average molecular weight is 251 g/mol. The number of carbonyl (C=O) groups is 1. The number of nitrogens with one attached hydrogen (secondary N) is 1. The lowest BCUT2D eigenvalue weighted by Crippen LogP contribution is -2.63. The van der Waals surface area contributed by atoms with Crippen molar-refractivity contribution >= 4 is 5.91 Å². The topological polar surface area (TPSA) is 35.6 Å². The fourth-order valence-corrected chi connectivity index (χ4v) is 2.75. The maximum Gasteiger partial charge on any atom is 0.238 e. The van der Waals surface area contributed by atoms with E-state index in [-0.39, 0.29) is 11.9 Å². The van der Waals surface area contributed by atoms with Gasteiger partial charge in [0.2, 0.25) is 5.91 Å². The van der Waals surface area contributed by atoms with Gasteiger partial charge in [-0.1, -0.05) is 19.1 Å². The van der Waals surface area contributed by atoms with Crippen molar-refractivity contribution in [3.8, 4) is 0 Å². The lowest BCUT2D eigenvalue weighted by molar-refractivity contribution is -0.131. The molecule has 2 saturated heterocycles. The first-order chi connectivity index (χ1) is 8.81. The fraction of sp³-hybridized carbons (Fsp3) is 0.786. The maximum atomic E-state index is 11.8. The zero-order valence-corrected chi connectivity index (χ0v) is 11.4. The van der Waals surface area contributed by atoms with E-state index in [1.807, 2.05) is 0 Å². The van der Waals surface area contributed by atoms with Gasteiger partial charge >= 0.3 is 0 Å². The minimum absolute atomic E-state index is 0.0960. The average Bonchev–Trinajstić information content (AvgIpc) is 2.39. The van der Waals surface area contributed by atoms with Crippen LogP contribution in [-0.2, 0) is 4.79 Å². The van der Waals surface area contributed by atoms with Crippen LogP contribution >= 0.6 is 0 Å². The zero-order valence-electron chi connectivity index (χ0n) is 11.4. The number of hydrogen-bond acceptors (Lipinski definition) is 3. The van der Waals surface area contributed by atoms with Crippen LogP contribution in [-0.4, -0.2) is 61.0 Å². The highest BCUT2D eigenvalue weighted by molar-refractivity contribution is 5.82. The van der Waals surface area contributed by atoms with E-state index in [1.165, 1.54) is 6.42 Å². The van der Waals surface area contributed by atoms with Gasteiger partial charge in [0.25, 0.3) is 0 Å². The molecule has 0 unspecified atom stereocenters. The Hall–Kier alpha value is -0.870. The van der Waals surface area contributed by atoms with E-state index in [0.29, 0.717) is 0 Å². The minimum Gasteiger partial charge on any atom is -0.353 e. The minimum atomic E-state index is 0.0960. The molecule has 2 rings (SSSR count). The van der Waals surface area contributed by atoms with E-state index in [2.05, 4.69) is 34.2 Å². The number of allylic oxidation sites excluding steroid dienone is 2. The van der Waals surface area contributed by atoms with Crippen molar-refractivity contribution in [2.45, 2.75) is 32.2 Å². The van der Waals surface area contributed by atoms with Crippen molar-refractivity contribution in [3.05, 3.63) is 12.2 Å². The molecule has 1 atom stereocenters. The van der Waals surface area contributed by atoms with E-state index in [0.717, 1.165) is 52.1 Å². The largest absolute Gasteiger partial charge is 0.353 e. The molecule has 2 heterocycles. The number of unbranched alkanes of at least 4 members (excludes halogenated alkanes) is 1. The predicted molar refractivity (Wildman–Crippen MR) is 73.5 cm³/mol.